The molecule has 0 bridgehead atoms. The molecule has 2 aromatic heterocycles. The number of nitrogens with zero attached hydrogens (tertiary/aromatic N) is 6. The third-order valence-corrected chi connectivity index (χ3v) is 16.6. The Balaban J connectivity index is 0.000000427. The number of pyridine rings is 2. The Bertz CT molecular complexity index is 2050. The zero-order chi connectivity index (χ0) is 49.0. The molecule has 346 valence electrons. The van der Waals surface area contributed by atoms with E-state index in [9.17, 15) is 50.2 Å². The van der Waals surface area contributed by atoms with Crippen molar-refractivity contribution in [3.8, 4) is 11.5 Å². The van der Waals surface area contributed by atoms with E-state index in [1.807, 2.05) is 0 Å². The fourth-order valence-electron chi connectivity index (χ4n) is 4.82. The van der Waals surface area contributed by atoms with Crippen LogP contribution in [0.3, 0.4) is 0 Å². The first-order chi connectivity index (χ1) is 31.8. The van der Waals surface area contributed by atoms with Crippen LogP contribution in [0.5, 0.6) is 11.5 Å². The van der Waals surface area contributed by atoms with Gasteiger partial charge in [0.05, 0.1) is 57.0 Å². The minimum absolute atomic E-state index is 0.0230. The van der Waals surface area contributed by atoms with Gasteiger partial charge < -0.3 is 30.0 Å². The van der Waals surface area contributed by atoms with Gasteiger partial charge in [0.15, 0.2) is 0 Å². The van der Waals surface area contributed by atoms with Crippen LogP contribution in [0.1, 0.15) is 111 Å². The summed E-state index contributed by atoms with van der Waals surface area (Å²) in [5, 5.41) is 64.5. The Labute approximate surface area is 407 Å². The van der Waals surface area contributed by atoms with Crippen LogP contribution >= 0.6 is 0 Å². The molecule has 0 saturated carbocycles. The van der Waals surface area contributed by atoms with Gasteiger partial charge in [0, 0.05) is 36.7 Å². The molecule has 16 nitrogen and oxygen atoms in total. The van der Waals surface area contributed by atoms with Crippen molar-refractivity contribution in [1.29, 1.82) is 0 Å². The summed E-state index contributed by atoms with van der Waals surface area (Å²) < 4.78 is 6.50. The third kappa shape index (κ3) is 26.9. The molecule has 0 atom stereocenters. The predicted octanol–water partition coefficient (Wildman–Crippen LogP) is 8.30. The molecule has 2 heterocycles. The summed E-state index contributed by atoms with van der Waals surface area (Å²) in [6.07, 6.45) is 17.6. The van der Waals surface area contributed by atoms with Crippen LogP contribution in [0.25, 0.3) is 0 Å². The molecule has 5 aromatic rings. The number of hydrogen-bond donors (Lipinski definition) is 0. The largest absolute Gasteiger partial charge is 0.871 e. The molecule has 5 rings (SSSR count). The van der Waals surface area contributed by atoms with Crippen LogP contribution in [-0.2, 0) is 0 Å². The second kappa shape index (κ2) is 36.5. The fraction of sp³-hybridized carbons (Fsp3) is 0.333. The number of carbonyl (C=O) groups is 2. The van der Waals surface area contributed by atoms with Gasteiger partial charge >= 0.3 is 139 Å². The van der Waals surface area contributed by atoms with Crippen LogP contribution in [0.2, 0.25) is 17.7 Å². The van der Waals surface area contributed by atoms with E-state index in [1.54, 1.807) is 66.5 Å². The number of nitro benzene ring substituents is 2. The molecule has 0 saturated heterocycles. The fourth-order valence-corrected chi connectivity index (χ4v) is 13.1. The second-order valence-corrected chi connectivity index (χ2v) is 22.5. The molecular formula is C48H56N6O10Sn2. The molecule has 0 amide bonds. The number of carboxylic acid groups (broad SMARTS) is 2. The average molecular weight is 1110 g/mol. The maximum Gasteiger partial charge on any atom is 0.271 e. The van der Waals surface area contributed by atoms with Crippen LogP contribution in [0.4, 0.5) is 22.7 Å². The van der Waals surface area contributed by atoms with Gasteiger partial charge in [-0.2, -0.15) is 0 Å². The molecule has 66 heavy (non-hydrogen) atoms. The van der Waals surface area contributed by atoms with Crippen LogP contribution in [0, 0.1) is 20.2 Å². The molecule has 0 unspecified atom stereocenters. The number of hydrogen-bond acceptors (Lipinski definition) is 14. The number of aromatic nitrogens is 2. The Morgan fingerprint density at radius 2 is 0.879 bits per heavy atom. The van der Waals surface area contributed by atoms with Gasteiger partial charge in [0.25, 0.3) is 11.4 Å². The molecule has 3 aromatic carbocycles. The van der Waals surface area contributed by atoms with Crippen molar-refractivity contribution in [2.24, 2.45) is 9.98 Å². The van der Waals surface area contributed by atoms with Crippen molar-refractivity contribution in [2.75, 3.05) is 0 Å². The Hall–Kier alpha value is -5.76. The molecular weight excluding hydrogens is 1060 g/mol. The van der Waals surface area contributed by atoms with E-state index < -0.39 is 21.8 Å². The Kier molecular flexibility index (Phi) is 32.2. The van der Waals surface area contributed by atoms with Crippen molar-refractivity contribution < 1.29 is 39.9 Å². The van der Waals surface area contributed by atoms with E-state index in [-0.39, 0.29) is 87.7 Å². The van der Waals surface area contributed by atoms with E-state index in [2.05, 4.69) is 47.6 Å². The van der Waals surface area contributed by atoms with Gasteiger partial charge in [-0.1, -0.05) is 60.0 Å². The molecule has 0 aliphatic heterocycles. The van der Waals surface area contributed by atoms with E-state index >= 15 is 0 Å². The summed E-state index contributed by atoms with van der Waals surface area (Å²) in [4.78, 5) is 56.3. The van der Waals surface area contributed by atoms with Gasteiger partial charge in [-0.15, -0.1) is 0 Å². The number of benzene rings is 3. The SMILES string of the molecule is CCC[CH2][Sn+2][CH2]CCC.CCC[CH2][Sn+2][CH2]CCC.O=C([O-])c1ccc(C(=O)[O-])cc1.O=[N+]([O-])c1ccc([O-])c(N=Cc2ccccn2)c1.O=[N+]([O-])c1ccc([O-])c(N=Cc2ccccn2)c1. The van der Waals surface area contributed by atoms with E-state index in [4.69, 9.17) is 0 Å². The summed E-state index contributed by atoms with van der Waals surface area (Å²) in [5.74, 6) is -3.40. The topological polar surface area (TPSA) is 263 Å². The Morgan fingerprint density at radius 1 is 0.545 bits per heavy atom. The van der Waals surface area contributed by atoms with Gasteiger partial charge in [-0.05, 0) is 35.4 Å². The Morgan fingerprint density at radius 3 is 1.14 bits per heavy atom. The summed E-state index contributed by atoms with van der Waals surface area (Å²) in [6.45, 7) is 9.16. The van der Waals surface area contributed by atoms with E-state index in [0.29, 0.717) is 11.4 Å². The zero-order valence-electron chi connectivity index (χ0n) is 37.8. The molecule has 0 aliphatic rings. The van der Waals surface area contributed by atoms with Gasteiger partial charge in [0.2, 0.25) is 0 Å². The summed E-state index contributed by atoms with van der Waals surface area (Å²) in [7, 11) is 0. The number of non-ortho nitro benzene ring substituents is 2. The quantitative estimate of drug-likeness (QED) is 0.0234. The molecule has 0 spiro atoms. The smallest absolute Gasteiger partial charge is 0.271 e. The minimum Gasteiger partial charge on any atom is -0.871 e. The maximum absolute atomic E-state index is 11.5. The van der Waals surface area contributed by atoms with Gasteiger partial charge in [-0.25, -0.2) is 0 Å². The van der Waals surface area contributed by atoms with Gasteiger partial charge in [0.1, 0.15) is 0 Å². The summed E-state index contributed by atoms with van der Waals surface area (Å²) in [5.41, 5.74) is 0.752. The van der Waals surface area contributed by atoms with Crippen LogP contribution < -0.4 is 20.4 Å². The van der Waals surface area contributed by atoms with Crippen molar-refractivity contribution in [3.05, 3.63) is 152 Å². The second-order valence-electron chi connectivity index (χ2n) is 13.9. The zero-order valence-corrected chi connectivity index (χ0v) is 43.5. The third-order valence-electron chi connectivity index (χ3n) is 8.54. The van der Waals surface area contributed by atoms with Crippen LogP contribution in [0.15, 0.2) is 119 Å². The van der Waals surface area contributed by atoms with Crippen molar-refractivity contribution in [2.45, 2.75) is 96.8 Å². The first-order valence-corrected chi connectivity index (χ1v) is 29.6. The van der Waals surface area contributed by atoms with Crippen LogP contribution in [-0.4, -0.2) is 86.5 Å². The molecule has 0 aliphatic carbocycles. The first kappa shape index (κ1) is 58.3. The van der Waals surface area contributed by atoms with E-state index in [1.165, 1.54) is 63.8 Å². The number of carbonyl (C=O) groups excluding carboxylic acids is 2. The number of unbranched alkanes of at least 4 members (excludes halogenated alkanes) is 4. The van der Waals surface area contributed by atoms with Crippen molar-refractivity contribution in [3.63, 3.8) is 0 Å². The predicted molar refractivity (Wildman–Crippen MR) is 254 cm³/mol. The monoisotopic (exact) mass is 1120 g/mol. The van der Waals surface area contributed by atoms with Crippen molar-refractivity contribution in [1.82, 2.24) is 9.97 Å². The molecule has 0 radical (unpaired) electrons. The number of aromatic carboxylic acids is 2. The first-order valence-electron chi connectivity index (χ1n) is 21.5. The van der Waals surface area contributed by atoms with Gasteiger partial charge in [-0.3, -0.25) is 40.2 Å². The summed E-state index contributed by atoms with van der Waals surface area (Å²) >= 11 is 0.299. The number of aliphatic imine (C=N–C) groups is 2. The number of rotatable bonds is 20. The average Bonchev–Trinajstić information content (AvgIpc) is 3.32. The molecule has 0 fully saturated rings. The molecule has 18 heteroatoms. The minimum atomic E-state index is -1.33. The summed E-state index contributed by atoms with van der Waals surface area (Å²) in [6, 6.07) is 22.0. The standard InChI is InChI=1S/2C12H9N3O3.C8H6O4.4C4H9.2Sn/c2*16-12-5-4-10(15(17)18)7-11(12)14-8-9-3-1-2-6-13-9;9-7(10)5-1-2-6(4-3-5)8(11)12;4*1-3-4-2;;/h2*1-8,16H;1-4H,(H,9,10)(H,11,12);4*1,3-4H2,2H3;;/q;;;;;;;2*+2/p-4. The number of carboxylic acids is 2. The molecule has 0 N–H and O–H groups in total. The maximum atomic E-state index is 11.5. The normalized spacial score (nSPS) is 10.0. The van der Waals surface area contributed by atoms with Crippen molar-refractivity contribution >= 4 is 89.4 Å². The van der Waals surface area contributed by atoms with E-state index in [0.717, 1.165) is 60.7 Å². The number of nitro groups is 2.